The first kappa shape index (κ1) is 16.6. The molecule has 4 rings (SSSR count). The molecule has 0 spiro atoms. The number of hydrogen-bond donors (Lipinski definition) is 1. The third-order valence-corrected chi connectivity index (χ3v) is 4.78. The minimum atomic E-state index is -0.301. The number of anilines is 1. The maximum atomic E-state index is 12.1. The van der Waals surface area contributed by atoms with Gasteiger partial charge in [0, 0.05) is 11.6 Å². The van der Waals surface area contributed by atoms with Crippen LogP contribution in [0.1, 0.15) is 5.56 Å². The van der Waals surface area contributed by atoms with Gasteiger partial charge in [0.15, 0.2) is 16.5 Å². The lowest BCUT2D eigenvalue weighted by molar-refractivity contribution is -0.111. The van der Waals surface area contributed by atoms with E-state index in [1.165, 1.54) is 17.4 Å². The van der Waals surface area contributed by atoms with Gasteiger partial charge in [0.2, 0.25) is 17.8 Å². The SMILES string of the molecule is O=C(/C=C\c1ccc2c(c1)OCO2)Nc1nnc(-c2ccccc2Cl)s1. The van der Waals surface area contributed by atoms with Crippen LogP contribution in [0.15, 0.2) is 48.5 Å². The normalized spacial score (nSPS) is 12.5. The highest BCUT2D eigenvalue weighted by Crippen LogP contribution is 2.33. The van der Waals surface area contributed by atoms with Crippen LogP contribution in [0.5, 0.6) is 11.5 Å². The van der Waals surface area contributed by atoms with Gasteiger partial charge in [-0.1, -0.05) is 47.2 Å². The summed E-state index contributed by atoms with van der Waals surface area (Å²) in [6.07, 6.45) is 3.11. The maximum Gasteiger partial charge on any atom is 0.250 e. The maximum absolute atomic E-state index is 12.1. The molecule has 8 heteroatoms. The second-order valence-corrected chi connectivity index (χ2v) is 6.71. The summed E-state index contributed by atoms with van der Waals surface area (Å²) in [4.78, 5) is 12.1. The van der Waals surface area contributed by atoms with Crippen molar-refractivity contribution >= 4 is 40.1 Å². The number of hydrogen-bond acceptors (Lipinski definition) is 6. The Morgan fingerprint density at radius 1 is 1.15 bits per heavy atom. The summed E-state index contributed by atoms with van der Waals surface area (Å²) in [5.41, 5.74) is 1.61. The largest absolute Gasteiger partial charge is 0.454 e. The van der Waals surface area contributed by atoms with Gasteiger partial charge in [0.25, 0.3) is 0 Å². The van der Waals surface area contributed by atoms with E-state index < -0.39 is 0 Å². The number of carbonyl (C=O) groups is 1. The summed E-state index contributed by atoms with van der Waals surface area (Å²) in [5.74, 6) is 1.07. The minimum absolute atomic E-state index is 0.216. The van der Waals surface area contributed by atoms with Crippen molar-refractivity contribution in [1.82, 2.24) is 10.2 Å². The van der Waals surface area contributed by atoms with Crippen molar-refractivity contribution in [3.63, 3.8) is 0 Å². The molecule has 1 aliphatic rings. The molecule has 1 aliphatic heterocycles. The average Bonchev–Trinajstić information content (AvgIpc) is 3.29. The van der Waals surface area contributed by atoms with Crippen LogP contribution in [0.3, 0.4) is 0 Å². The zero-order valence-corrected chi connectivity index (χ0v) is 14.9. The monoisotopic (exact) mass is 385 g/mol. The molecule has 0 saturated heterocycles. The van der Waals surface area contributed by atoms with Crippen molar-refractivity contribution in [2.75, 3.05) is 12.1 Å². The molecule has 0 fully saturated rings. The van der Waals surface area contributed by atoms with Gasteiger partial charge in [-0.3, -0.25) is 10.1 Å². The highest BCUT2D eigenvalue weighted by molar-refractivity contribution is 7.18. The molecule has 2 aromatic carbocycles. The van der Waals surface area contributed by atoms with Gasteiger partial charge in [-0.2, -0.15) is 0 Å². The van der Waals surface area contributed by atoms with Crippen LogP contribution in [0.4, 0.5) is 5.13 Å². The van der Waals surface area contributed by atoms with Gasteiger partial charge in [-0.25, -0.2) is 0 Å². The minimum Gasteiger partial charge on any atom is -0.454 e. The third kappa shape index (κ3) is 3.54. The lowest BCUT2D eigenvalue weighted by Crippen LogP contribution is -2.07. The molecule has 0 aliphatic carbocycles. The lowest BCUT2D eigenvalue weighted by Gasteiger charge is -1.98. The fraction of sp³-hybridized carbons (Fsp3) is 0.0556. The fourth-order valence-electron chi connectivity index (χ4n) is 2.35. The number of fused-ring (bicyclic) bond motifs is 1. The number of nitrogens with zero attached hydrogens (tertiary/aromatic N) is 2. The molecule has 1 amide bonds. The number of carbonyl (C=O) groups excluding carboxylic acids is 1. The molecular formula is C18H12ClN3O3S. The van der Waals surface area contributed by atoms with E-state index in [4.69, 9.17) is 21.1 Å². The molecule has 0 saturated carbocycles. The number of halogens is 1. The van der Waals surface area contributed by atoms with Gasteiger partial charge in [-0.05, 0) is 29.8 Å². The molecule has 1 aromatic heterocycles. The Labute approximate surface area is 158 Å². The third-order valence-electron chi connectivity index (χ3n) is 3.58. The molecule has 0 radical (unpaired) electrons. The van der Waals surface area contributed by atoms with Crippen LogP contribution in [-0.2, 0) is 4.79 Å². The molecule has 6 nitrogen and oxygen atoms in total. The molecule has 3 aromatic rings. The lowest BCUT2D eigenvalue weighted by atomic mass is 10.2. The van der Waals surface area contributed by atoms with Crippen molar-refractivity contribution in [3.05, 3.63) is 59.1 Å². The van der Waals surface area contributed by atoms with E-state index in [0.717, 1.165) is 11.1 Å². The van der Waals surface area contributed by atoms with Crippen LogP contribution in [0, 0.1) is 0 Å². The number of nitrogens with one attached hydrogen (secondary N) is 1. The predicted molar refractivity (Wildman–Crippen MR) is 101 cm³/mol. The summed E-state index contributed by atoms with van der Waals surface area (Å²) in [6.45, 7) is 0.216. The Bertz CT molecular complexity index is 1000. The van der Waals surface area contributed by atoms with E-state index in [2.05, 4.69) is 15.5 Å². The van der Waals surface area contributed by atoms with E-state index in [-0.39, 0.29) is 12.7 Å². The zero-order valence-electron chi connectivity index (χ0n) is 13.3. The molecule has 0 atom stereocenters. The Kier molecular flexibility index (Phi) is 4.55. The second-order valence-electron chi connectivity index (χ2n) is 5.33. The highest BCUT2D eigenvalue weighted by atomic mass is 35.5. The van der Waals surface area contributed by atoms with E-state index in [0.29, 0.717) is 26.7 Å². The first-order valence-corrected chi connectivity index (χ1v) is 8.85. The molecule has 130 valence electrons. The topological polar surface area (TPSA) is 73.3 Å². The van der Waals surface area contributed by atoms with Crippen LogP contribution < -0.4 is 14.8 Å². The Balaban J connectivity index is 1.43. The zero-order chi connectivity index (χ0) is 17.9. The highest BCUT2D eigenvalue weighted by Gasteiger charge is 2.13. The Morgan fingerprint density at radius 3 is 2.88 bits per heavy atom. The predicted octanol–water partition coefficient (Wildman–Crippen LogP) is 4.24. The van der Waals surface area contributed by atoms with E-state index in [1.807, 2.05) is 30.3 Å². The summed E-state index contributed by atoms with van der Waals surface area (Å²) in [7, 11) is 0. The second kappa shape index (κ2) is 7.15. The first-order chi connectivity index (χ1) is 12.7. The van der Waals surface area contributed by atoms with Crippen molar-refractivity contribution in [1.29, 1.82) is 0 Å². The van der Waals surface area contributed by atoms with Crippen LogP contribution in [-0.4, -0.2) is 22.9 Å². The van der Waals surface area contributed by atoms with E-state index in [9.17, 15) is 4.79 Å². The Morgan fingerprint density at radius 2 is 2.00 bits per heavy atom. The first-order valence-electron chi connectivity index (χ1n) is 7.66. The van der Waals surface area contributed by atoms with Gasteiger partial charge >= 0.3 is 0 Å². The molecule has 0 bridgehead atoms. The fourth-order valence-corrected chi connectivity index (χ4v) is 3.42. The summed E-state index contributed by atoms with van der Waals surface area (Å²) < 4.78 is 10.6. The van der Waals surface area contributed by atoms with Gasteiger partial charge in [0.05, 0.1) is 5.02 Å². The van der Waals surface area contributed by atoms with Crippen LogP contribution >= 0.6 is 22.9 Å². The van der Waals surface area contributed by atoms with Crippen molar-refractivity contribution in [3.8, 4) is 22.1 Å². The van der Waals surface area contributed by atoms with Gasteiger partial charge in [0.1, 0.15) is 0 Å². The summed E-state index contributed by atoms with van der Waals surface area (Å²) >= 11 is 7.41. The molecular weight excluding hydrogens is 374 g/mol. The number of amides is 1. The smallest absolute Gasteiger partial charge is 0.250 e. The number of benzene rings is 2. The summed E-state index contributed by atoms with van der Waals surface area (Å²) in [5, 5.41) is 12.4. The van der Waals surface area contributed by atoms with E-state index in [1.54, 1.807) is 18.2 Å². The van der Waals surface area contributed by atoms with Crippen LogP contribution in [0.2, 0.25) is 5.02 Å². The Hall–Kier alpha value is -2.90. The number of ether oxygens (including phenoxy) is 2. The summed E-state index contributed by atoms with van der Waals surface area (Å²) in [6, 6.07) is 12.8. The standard InChI is InChI=1S/C18H12ClN3O3S/c19-13-4-2-1-3-12(13)17-21-22-18(26-17)20-16(23)8-6-11-5-7-14-15(9-11)25-10-24-14/h1-9H,10H2,(H,20,22,23)/b8-6-. The van der Waals surface area contributed by atoms with Crippen molar-refractivity contribution in [2.24, 2.45) is 0 Å². The molecule has 2 heterocycles. The molecule has 0 unspecified atom stereocenters. The molecule has 26 heavy (non-hydrogen) atoms. The number of aromatic nitrogens is 2. The van der Waals surface area contributed by atoms with Crippen LogP contribution in [0.25, 0.3) is 16.6 Å². The van der Waals surface area contributed by atoms with Crippen molar-refractivity contribution < 1.29 is 14.3 Å². The number of rotatable bonds is 4. The van der Waals surface area contributed by atoms with E-state index >= 15 is 0 Å². The molecule has 1 N–H and O–H groups in total. The quantitative estimate of drug-likeness (QED) is 0.680. The van der Waals surface area contributed by atoms with Gasteiger partial charge in [-0.15, -0.1) is 10.2 Å². The van der Waals surface area contributed by atoms with Gasteiger partial charge < -0.3 is 9.47 Å². The average molecular weight is 386 g/mol. The van der Waals surface area contributed by atoms with Crippen molar-refractivity contribution in [2.45, 2.75) is 0 Å².